The van der Waals surface area contributed by atoms with Crippen molar-refractivity contribution in [3.05, 3.63) is 23.3 Å². The molecule has 1 amide bonds. The van der Waals surface area contributed by atoms with Gasteiger partial charge in [0.25, 0.3) is 0 Å². The van der Waals surface area contributed by atoms with Crippen LogP contribution >= 0.6 is 0 Å². The average molecular weight is 343 g/mol. The van der Waals surface area contributed by atoms with Crippen LogP contribution in [-0.4, -0.2) is 22.7 Å². The van der Waals surface area contributed by atoms with Crippen molar-refractivity contribution in [1.29, 1.82) is 0 Å². The third kappa shape index (κ3) is 3.36. The lowest BCUT2D eigenvalue weighted by molar-refractivity contribution is -0.129. The molecule has 1 aromatic rings. The number of phenols is 2. The lowest BCUT2D eigenvalue weighted by Gasteiger charge is -2.56. The van der Waals surface area contributed by atoms with E-state index >= 15 is 0 Å². The largest absolute Gasteiger partial charge is 0.504 e. The minimum Gasteiger partial charge on any atom is -0.504 e. The second-order valence-corrected chi connectivity index (χ2v) is 8.96. The second-order valence-electron chi connectivity index (χ2n) is 8.96. The summed E-state index contributed by atoms with van der Waals surface area (Å²) in [6, 6.07) is 3.16. The first-order valence-corrected chi connectivity index (χ1v) is 9.71. The van der Waals surface area contributed by atoms with E-state index in [1.165, 1.54) is 38.5 Å². The fraction of sp³-hybridized carbons (Fsp3) is 0.667. The highest BCUT2D eigenvalue weighted by Crippen LogP contribution is 2.61. The first kappa shape index (κ1) is 16.7. The number of carbonyl (C=O) groups excluding carboxylic acids is 1. The lowest BCUT2D eigenvalue weighted by Crippen LogP contribution is -2.48. The number of aromatic hydroxyl groups is 2. The molecular weight excluding hydrogens is 314 g/mol. The van der Waals surface area contributed by atoms with Gasteiger partial charge in [0.05, 0.1) is 0 Å². The van der Waals surface area contributed by atoms with Crippen molar-refractivity contribution < 1.29 is 15.0 Å². The first-order valence-electron chi connectivity index (χ1n) is 9.71. The highest BCUT2D eigenvalue weighted by atomic mass is 16.3. The average Bonchev–Trinajstić information content (AvgIpc) is 2.50. The molecule has 4 bridgehead atoms. The standard InChI is InChI=1S/C21H29NO3/c1-13-4-18(23)19(24)8-17(13)2-3-22-20(25)12-21-9-14-5-15(10-21)7-16(6-14)11-21/h4,8,14-16,23-24H,2-3,5-7,9-12H2,1H3,(H,22,25). The third-order valence-electron chi connectivity index (χ3n) is 6.85. The fourth-order valence-electron chi connectivity index (χ4n) is 6.24. The monoisotopic (exact) mass is 343 g/mol. The summed E-state index contributed by atoms with van der Waals surface area (Å²) < 4.78 is 0. The molecule has 4 heteroatoms. The summed E-state index contributed by atoms with van der Waals surface area (Å²) in [5.41, 5.74) is 2.18. The minimum atomic E-state index is -0.0968. The first-order chi connectivity index (χ1) is 11.9. The fourth-order valence-corrected chi connectivity index (χ4v) is 6.24. The van der Waals surface area contributed by atoms with E-state index in [0.29, 0.717) is 19.4 Å². The van der Waals surface area contributed by atoms with Crippen molar-refractivity contribution in [1.82, 2.24) is 5.32 Å². The summed E-state index contributed by atoms with van der Waals surface area (Å²) in [5.74, 6) is 2.63. The van der Waals surface area contributed by atoms with Crippen LogP contribution in [0.5, 0.6) is 11.5 Å². The normalized spacial score (nSPS) is 32.8. The number of aryl methyl sites for hydroxylation is 1. The van der Waals surface area contributed by atoms with Crippen molar-refractivity contribution in [2.45, 2.75) is 58.3 Å². The number of amides is 1. The van der Waals surface area contributed by atoms with Crippen LogP contribution in [0.2, 0.25) is 0 Å². The van der Waals surface area contributed by atoms with Gasteiger partial charge in [0.15, 0.2) is 11.5 Å². The van der Waals surface area contributed by atoms with Crippen molar-refractivity contribution in [3.8, 4) is 11.5 Å². The molecule has 4 saturated carbocycles. The number of hydrogen-bond donors (Lipinski definition) is 3. The number of nitrogens with one attached hydrogen (secondary N) is 1. The Morgan fingerprint density at radius 1 is 1.08 bits per heavy atom. The second kappa shape index (κ2) is 6.22. The molecule has 4 fully saturated rings. The Morgan fingerprint density at radius 3 is 2.24 bits per heavy atom. The topological polar surface area (TPSA) is 69.6 Å². The smallest absolute Gasteiger partial charge is 0.220 e. The predicted octanol–water partition coefficient (Wildman–Crippen LogP) is 3.67. The van der Waals surface area contributed by atoms with E-state index in [-0.39, 0.29) is 22.8 Å². The van der Waals surface area contributed by atoms with E-state index < -0.39 is 0 Å². The minimum absolute atomic E-state index is 0.0906. The van der Waals surface area contributed by atoms with Crippen LogP contribution in [0.3, 0.4) is 0 Å². The van der Waals surface area contributed by atoms with Crippen LogP contribution in [-0.2, 0) is 11.2 Å². The number of benzene rings is 1. The van der Waals surface area contributed by atoms with Gasteiger partial charge in [-0.05, 0) is 98.3 Å². The van der Waals surface area contributed by atoms with Crippen molar-refractivity contribution in [2.75, 3.05) is 6.54 Å². The van der Waals surface area contributed by atoms with Crippen LogP contribution in [0.4, 0.5) is 0 Å². The zero-order valence-electron chi connectivity index (χ0n) is 15.1. The summed E-state index contributed by atoms with van der Waals surface area (Å²) in [6.07, 6.45) is 9.37. The van der Waals surface area contributed by atoms with Gasteiger partial charge in [-0.3, -0.25) is 4.79 Å². The number of rotatable bonds is 5. The summed E-state index contributed by atoms with van der Waals surface area (Å²) in [7, 11) is 0. The SMILES string of the molecule is Cc1cc(O)c(O)cc1CCNC(=O)CC12CC3CC(CC(C3)C1)C2. The van der Waals surface area contributed by atoms with Gasteiger partial charge < -0.3 is 15.5 Å². The molecule has 0 aromatic heterocycles. The predicted molar refractivity (Wildman–Crippen MR) is 96.4 cm³/mol. The van der Waals surface area contributed by atoms with Gasteiger partial charge in [-0.2, -0.15) is 0 Å². The van der Waals surface area contributed by atoms with Crippen molar-refractivity contribution in [3.63, 3.8) is 0 Å². The lowest BCUT2D eigenvalue weighted by atomic mass is 9.49. The Bertz CT molecular complexity index is 647. The van der Waals surface area contributed by atoms with Crippen LogP contribution in [0.25, 0.3) is 0 Å². The Labute approximate surface area is 149 Å². The molecule has 4 nitrogen and oxygen atoms in total. The Hall–Kier alpha value is -1.71. The maximum Gasteiger partial charge on any atom is 0.220 e. The molecule has 0 aliphatic heterocycles. The zero-order chi connectivity index (χ0) is 17.6. The molecule has 0 saturated heterocycles. The molecule has 1 aromatic carbocycles. The van der Waals surface area contributed by atoms with Gasteiger partial charge in [0.2, 0.25) is 5.91 Å². The van der Waals surface area contributed by atoms with Gasteiger partial charge in [0.1, 0.15) is 0 Å². The molecule has 0 heterocycles. The summed E-state index contributed by atoms with van der Waals surface area (Å²) in [5, 5.41) is 22.2. The van der Waals surface area contributed by atoms with E-state index in [2.05, 4.69) is 5.32 Å². The molecule has 136 valence electrons. The van der Waals surface area contributed by atoms with Gasteiger partial charge in [-0.25, -0.2) is 0 Å². The summed E-state index contributed by atoms with van der Waals surface area (Å²) >= 11 is 0. The van der Waals surface area contributed by atoms with E-state index in [4.69, 9.17) is 0 Å². The quantitative estimate of drug-likeness (QED) is 0.715. The van der Waals surface area contributed by atoms with Gasteiger partial charge in [-0.1, -0.05) is 0 Å². The molecule has 3 N–H and O–H groups in total. The maximum atomic E-state index is 12.5. The van der Waals surface area contributed by atoms with Crippen LogP contribution in [0.15, 0.2) is 12.1 Å². The Morgan fingerprint density at radius 2 is 1.64 bits per heavy atom. The Balaban J connectivity index is 1.31. The number of hydrogen-bond acceptors (Lipinski definition) is 3. The van der Waals surface area contributed by atoms with Crippen molar-refractivity contribution in [2.24, 2.45) is 23.2 Å². The highest BCUT2D eigenvalue weighted by molar-refractivity contribution is 5.76. The third-order valence-corrected chi connectivity index (χ3v) is 6.85. The molecular formula is C21H29NO3. The zero-order valence-corrected chi connectivity index (χ0v) is 15.1. The molecule has 0 radical (unpaired) electrons. The molecule has 0 atom stereocenters. The van der Waals surface area contributed by atoms with Crippen LogP contribution in [0.1, 0.15) is 56.1 Å². The van der Waals surface area contributed by atoms with E-state index in [0.717, 1.165) is 28.9 Å². The van der Waals surface area contributed by atoms with Gasteiger partial charge >= 0.3 is 0 Å². The molecule has 0 unspecified atom stereocenters. The Kier molecular flexibility index (Phi) is 4.17. The summed E-state index contributed by atoms with van der Waals surface area (Å²) in [6.45, 7) is 2.49. The van der Waals surface area contributed by atoms with E-state index in [1.807, 2.05) is 6.92 Å². The van der Waals surface area contributed by atoms with Crippen LogP contribution < -0.4 is 5.32 Å². The molecule has 25 heavy (non-hydrogen) atoms. The van der Waals surface area contributed by atoms with Crippen molar-refractivity contribution >= 4 is 5.91 Å². The molecule has 4 aliphatic rings. The molecule has 0 spiro atoms. The molecule has 4 aliphatic carbocycles. The maximum absolute atomic E-state index is 12.5. The number of phenolic OH excluding ortho intramolecular Hbond substituents is 2. The summed E-state index contributed by atoms with van der Waals surface area (Å²) in [4.78, 5) is 12.5. The van der Waals surface area contributed by atoms with E-state index in [9.17, 15) is 15.0 Å². The van der Waals surface area contributed by atoms with Gasteiger partial charge in [0, 0.05) is 13.0 Å². The number of carbonyl (C=O) groups is 1. The molecule has 5 rings (SSSR count). The van der Waals surface area contributed by atoms with E-state index in [1.54, 1.807) is 12.1 Å². The highest BCUT2D eigenvalue weighted by Gasteiger charge is 2.51. The van der Waals surface area contributed by atoms with Gasteiger partial charge in [-0.15, -0.1) is 0 Å². The van der Waals surface area contributed by atoms with Crippen LogP contribution in [0, 0.1) is 30.1 Å².